The number of aromatic nitrogens is 2. The summed E-state index contributed by atoms with van der Waals surface area (Å²) < 4.78 is 79.0. The SMILES string of the molecule is CS(=O)(=O)c1cccc(-c2cccc3c2nc(C(F)(F)F)n3C/C(F)=C/CN)c1. The zero-order valence-corrected chi connectivity index (χ0v) is 16.1. The minimum absolute atomic E-state index is 0.00831. The molecule has 154 valence electrons. The number of nitrogens with zero attached hydrogens (tertiary/aromatic N) is 2. The fourth-order valence-corrected chi connectivity index (χ4v) is 3.66. The van der Waals surface area contributed by atoms with Crippen LogP contribution < -0.4 is 5.73 Å². The molecule has 0 aliphatic carbocycles. The number of benzene rings is 2. The van der Waals surface area contributed by atoms with Crippen LogP contribution in [0, 0.1) is 0 Å². The lowest BCUT2D eigenvalue weighted by atomic mass is 10.0. The van der Waals surface area contributed by atoms with E-state index in [0.717, 1.165) is 16.9 Å². The first-order valence-corrected chi connectivity index (χ1v) is 10.3. The van der Waals surface area contributed by atoms with Gasteiger partial charge in [0.05, 0.1) is 22.5 Å². The molecule has 2 aromatic carbocycles. The van der Waals surface area contributed by atoms with E-state index in [1.807, 2.05) is 0 Å². The van der Waals surface area contributed by atoms with E-state index >= 15 is 0 Å². The van der Waals surface area contributed by atoms with Crippen molar-refractivity contribution < 1.29 is 26.0 Å². The highest BCUT2D eigenvalue weighted by molar-refractivity contribution is 7.90. The van der Waals surface area contributed by atoms with Crippen molar-refractivity contribution in [3.05, 3.63) is 60.2 Å². The summed E-state index contributed by atoms with van der Waals surface area (Å²) in [5.74, 6) is -2.07. The molecule has 2 N–H and O–H groups in total. The molecular formula is C19H17F4N3O2S. The molecule has 0 saturated carbocycles. The van der Waals surface area contributed by atoms with Crippen LogP contribution in [0.5, 0.6) is 0 Å². The molecule has 10 heteroatoms. The number of para-hydroxylation sites is 1. The van der Waals surface area contributed by atoms with Gasteiger partial charge in [0.25, 0.3) is 0 Å². The zero-order chi connectivity index (χ0) is 21.4. The quantitative estimate of drug-likeness (QED) is 0.626. The molecular weight excluding hydrogens is 410 g/mol. The summed E-state index contributed by atoms with van der Waals surface area (Å²) in [6.07, 6.45) is -2.78. The van der Waals surface area contributed by atoms with Gasteiger partial charge in [0.15, 0.2) is 9.84 Å². The lowest BCUT2D eigenvalue weighted by Crippen LogP contribution is -2.15. The Bertz CT molecular complexity index is 1200. The molecule has 1 aromatic heterocycles. The van der Waals surface area contributed by atoms with Gasteiger partial charge in [0.2, 0.25) is 5.82 Å². The number of hydrogen-bond acceptors (Lipinski definition) is 4. The largest absolute Gasteiger partial charge is 0.449 e. The molecule has 0 fully saturated rings. The summed E-state index contributed by atoms with van der Waals surface area (Å²) in [4.78, 5) is 3.76. The van der Waals surface area contributed by atoms with Gasteiger partial charge in [-0.1, -0.05) is 24.3 Å². The zero-order valence-electron chi connectivity index (χ0n) is 15.2. The molecule has 1 heterocycles. The van der Waals surface area contributed by atoms with E-state index < -0.39 is 34.2 Å². The number of rotatable bonds is 5. The Morgan fingerprint density at radius 1 is 1.21 bits per heavy atom. The van der Waals surface area contributed by atoms with Crippen LogP contribution in [0.1, 0.15) is 5.82 Å². The van der Waals surface area contributed by atoms with Gasteiger partial charge < -0.3 is 10.3 Å². The molecule has 3 rings (SSSR count). The second kappa shape index (κ2) is 7.60. The average molecular weight is 427 g/mol. The third-order valence-corrected chi connectivity index (χ3v) is 5.36. The van der Waals surface area contributed by atoms with Gasteiger partial charge in [0, 0.05) is 18.4 Å². The van der Waals surface area contributed by atoms with Crippen LogP contribution in [0.25, 0.3) is 22.2 Å². The maximum Gasteiger partial charge on any atom is 0.449 e. The van der Waals surface area contributed by atoms with Crippen molar-refractivity contribution in [2.45, 2.75) is 17.6 Å². The number of halogens is 4. The molecule has 0 radical (unpaired) electrons. The molecule has 5 nitrogen and oxygen atoms in total. The first-order valence-electron chi connectivity index (χ1n) is 8.44. The van der Waals surface area contributed by atoms with Crippen LogP contribution in [0.15, 0.2) is 59.3 Å². The number of fused-ring (bicyclic) bond motifs is 1. The Morgan fingerprint density at radius 3 is 2.52 bits per heavy atom. The Labute approximate surface area is 164 Å². The fraction of sp³-hybridized carbons (Fsp3) is 0.211. The van der Waals surface area contributed by atoms with Crippen LogP contribution in [-0.2, 0) is 22.6 Å². The second-order valence-electron chi connectivity index (χ2n) is 6.38. The van der Waals surface area contributed by atoms with Crippen molar-refractivity contribution >= 4 is 20.9 Å². The van der Waals surface area contributed by atoms with Crippen LogP contribution in [-0.4, -0.2) is 30.8 Å². The van der Waals surface area contributed by atoms with Crippen LogP contribution >= 0.6 is 0 Å². The Kier molecular flexibility index (Phi) is 5.50. The lowest BCUT2D eigenvalue weighted by Gasteiger charge is -2.10. The Hall–Kier alpha value is -2.72. The number of alkyl halides is 3. The van der Waals surface area contributed by atoms with Crippen LogP contribution in [0.4, 0.5) is 17.6 Å². The summed E-state index contributed by atoms with van der Waals surface area (Å²) in [6.45, 7) is -0.821. The molecule has 0 bridgehead atoms. The van der Waals surface area contributed by atoms with Crippen molar-refractivity contribution in [3.63, 3.8) is 0 Å². The molecule has 0 spiro atoms. The number of hydrogen-bond donors (Lipinski definition) is 1. The predicted octanol–water partition coefficient (Wildman–Crippen LogP) is 3.94. The molecule has 0 amide bonds. The molecule has 29 heavy (non-hydrogen) atoms. The lowest BCUT2D eigenvalue weighted by molar-refractivity contribution is -0.146. The van der Waals surface area contributed by atoms with Gasteiger partial charge in [-0.05, 0) is 29.8 Å². The van der Waals surface area contributed by atoms with Crippen molar-refractivity contribution in [1.29, 1.82) is 0 Å². The fourth-order valence-electron chi connectivity index (χ4n) is 2.99. The van der Waals surface area contributed by atoms with E-state index in [-0.39, 0.29) is 22.5 Å². The first kappa shape index (κ1) is 21.0. The Balaban J connectivity index is 2.27. The van der Waals surface area contributed by atoms with Gasteiger partial charge in [-0.2, -0.15) is 13.2 Å². The van der Waals surface area contributed by atoms with Gasteiger partial charge in [0.1, 0.15) is 5.83 Å². The topological polar surface area (TPSA) is 78.0 Å². The standard InChI is InChI=1S/C19H17F4N3O2S/c1-29(27,28)14-5-2-4-12(10-14)15-6-3-7-16-17(15)25-18(19(21,22)23)26(16)11-13(20)8-9-24/h2-8,10H,9,11,24H2,1H3/b13-8-. The maximum absolute atomic E-state index is 14.0. The van der Waals surface area contributed by atoms with E-state index in [0.29, 0.717) is 11.1 Å². The van der Waals surface area contributed by atoms with Crippen molar-refractivity contribution in [2.24, 2.45) is 5.73 Å². The molecule has 3 aromatic rings. The van der Waals surface area contributed by atoms with Gasteiger partial charge in [-0.25, -0.2) is 17.8 Å². The highest BCUT2D eigenvalue weighted by Crippen LogP contribution is 2.36. The highest BCUT2D eigenvalue weighted by Gasteiger charge is 2.38. The smallest absolute Gasteiger partial charge is 0.327 e. The van der Waals surface area contributed by atoms with E-state index in [1.54, 1.807) is 6.07 Å². The third kappa shape index (κ3) is 4.33. The van der Waals surface area contributed by atoms with Crippen molar-refractivity contribution in [1.82, 2.24) is 9.55 Å². The molecule has 0 aliphatic rings. The average Bonchev–Trinajstić information content (AvgIpc) is 3.00. The van der Waals surface area contributed by atoms with E-state index in [9.17, 15) is 26.0 Å². The molecule has 0 unspecified atom stereocenters. The monoisotopic (exact) mass is 427 g/mol. The normalized spacial score (nSPS) is 13.2. The Morgan fingerprint density at radius 2 is 1.90 bits per heavy atom. The van der Waals surface area contributed by atoms with Crippen molar-refractivity contribution in [2.75, 3.05) is 12.8 Å². The number of imidazole rings is 1. The maximum atomic E-state index is 14.0. The van der Waals surface area contributed by atoms with Crippen molar-refractivity contribution in [3.8, 4) is 11.1 Å². The first-order chi connectivity index (χ1) is 13.5. The summed E-state index contributed by atoms with van der Waals surface area (Å²) in [7, 11) is -3.51. The minimum atomic E-state index is -4.81. The summed E-state index contributed by atoms with van der Waals surface area (Å²) >= 11 is 0. The third-order valence-electron chi connectivity index (χ3n) is 4.25. The van der Waals surface area contributed by atoms with Gasteiger partial charge in [-0.3, -0.25) is 0 Å². The predicted molar refractivity (Wildman–Crippen MR) is 102 cm³/mol. The summed E-state index contributed by atoms with van der Waals surface area (Å²) in [6, 6.07) is 10.3. The number of sulfone groups is 1. The van der Waals surface area contributed by atoms with Crippen LogP contribution in [0.3, 0.4) is 0 Å². The molecule has 0 aliphatic heterocycles. The summed E-state index contributed by atoms with van der Waals surface area (Å²) in [5, 5.41) is 0. The van der Waals surface area contributed by atoms with Crippen LogP contribution in [0.2, 0.25) is 0 Å². The van der Waals surface area contributed by atoms with E-state index in [4.69, 9.17) is 5.73 Å². The summed E-state index contributed by atoms with van der Waals surface area (Å²) in [5.41, 5.74) is 5.98. The highest BCUT2D eigenvalue weighted by atomic mass is 32.2. The van der Waals surface area contributed by atoms with Gasteiger partial charge >= 0.3 is 6.18 Å². The van der Waals surface area contributed by atoms with Gasteiger partial charge in [-0.15, -0.1) is 0 Å². The van der Waals surface area contributed by atoms with E-state index in [2.05, 4.69) is 4.98 Å². The molecule has 0 atom stereocenters. The number of nitrogens with two attached hydrogens (primary N) is 1. The molecule has 0 saturated heterocycles. The number of allylic oxidation sites excluding steroid dienone is 1. The second-order valence-corrected chi connectivity index (χ2v) is 8.40. The van der Waals surface area contributed by atoms with E-state index in [1.165, 1.54) is 36.4 Å². The minimum Gasteiger partial charge on any atom is -0.327 e.